The molecule has 0 fully saturated rings. The predicted molar refractivity (Wildman–Crippen MR) is 65.1 cm³/mol. The molecule has 0 saturated carbocycles. The Morgan fingerprint density at radius 1 is 1.32 bits per heavy atom. The summed E-state index contributed by atoms with van der Waals surface area (Å²) in [4.78, 5) is 45.2. The molecule has 0 heterocycles. The average Bonchev–Trinajstić information content (AvgIpc) is 2.33. The number of primary amides is 1. The van der Waals surface area contributed by atoms with Crippen molar-refractivity contribution in [2.45, 2.75) is 18.9 Å². The number of nitrogens with zero attached hydrogens (tertiary/aromatic N) is 1. The lowest BCUT2D eigenvalue weighted by atomic mass is 10.2. The fourth-order valence-electron chi connectivity index (χ4n) is 1.16. The third kappa shape index (κ3) is 6.86. The van der Waals surface area contributed by atoms with Gasteiger partial charge in [-0.15, -0.1) is 0 Å². The van der Waals surface area contributed by atoms with Crippen molar-refractivity contribution in [1.82, 2.24) is 15.5 Å². The van der Waals surface area contributed by atoms with Crippen LogP contribution in [0, 0.1) is 0 Å². The van der Waals surface area contributed by atoms with Gasteiger partial charge in [0.05, 0.1) is 6.42 Å². The van der Waals surface area contributed by atoms with Crippen LogP contribution >= 0.6 is 0 Å². The van der Waals surface area contributed by atoms with Gasteiger partial charge in [-0.1, -0.05) is 0 Å². The summed E-state index contributed by atoms with van der Waals surface area (Å²) in [7, 11) is 2.87. The minimum atomic E-state index is -1.38. The molecule has 0 aliphatic heterocycles. The fraction of sp³-hybridized carbons (Fsp3) is 0.600. The number of rotatable bonds is 7. The number of aliphatic carboxylic acids is 1. The van der Waals surface area contributed by atoms with Gasteiger partial charge in [0.15, 0.2) is 0 Å². The number of nitrogens with one attached hydrogen (secondary N) is 2. The summed E-state index contributed by atoms with van der Waals surface area (Å²) in [5, 5.41) is 13.3. The van der Waals surface area contributed by atoms with Crippen LogP contribution < -0.4 is 16.4 Å². The standard InChI is InChI=1S/C10H18N4O5/c1-12-8(16)3-4-14(2)10(19)13-6(9(17)18)5-7(11)15/h6H,3-5H2,1-2H3,(H2,11,15)(H,12,16)(H,13,19)(H,17,18)/t6-/m0/s1. The van der Waals surface area contributed by atoms with Crippen LogP contribution in [0.5, 0.6) is 0 Å². The molecule has 5 N–H and O–H groups in total. The van der Waals surface area contributed by atoms with E-state index in [0.29, 0.717) is 0 Å². The lowest BCUT2D eigenvalue weighted by Gasteiger charge is -2.20. The number of hydrogen-bond acceptors (Lipinski definition) is 4. The summed E-state index contributed by atoms with van der Waals surface area (Å²) in [6.45, 7) is 0.119. The highest BCUT2D eigenvalue weighted by Crippen LogP contribution is 1.95. The Morgan fingerprint density at radius 3 is 2.32 bits per heavy atom. The maximum atomic E-state index is 11.6. The third-order valence-corrected chi connectivity index (χ3v) is 2.30. The summed E-state index contributed by atoms with van der Waals surface area (Å²) >= 11 is 0. The summed E-state index contributed by atoms with van der Waals surface area (Å²) in [6.07, 6.45) is -0.404. The van der Waals surface area contributed by atoms with Crippen LogP contribution in [0.15, 0.2) is 0 Å². The van der Waals surface area contributed by atoms with Crippen molar-refractivity contribution in [2.75, 3.05) is 20.6 Å². The monoisotopic (exact) mass is 274 g/mol. The molecule has 0 rings (SSSR count). The molecule has 0 aliphatic rings. The average molecular weight is 274 g/mol. The largest absolute Gasteiger partial charge is 0.480 e. The lowest BCUT2D eigenvalue weighted by molar-refractivity contribution is -0.141. The van der Waals surface area contributed by atoms with Crippen LogP contribution in [0.2, 0.25) is 0 Å². The lowest BCUT2D eigenvalue weighted by Crippen LogP contribution is -2.48. The first-order chi connectivity index (χ1) is 8.77. The number of carboxylic acid groups (broad SMARTS) is 1. The Morgan fingerprint density at radius 2 is 1.89 bits per heavy atom. The van der Waals surface area contributed by atoms with Crippen LogP contribution in [-0.2, 0) is 14.4 Å². The van der Waals surface area contributed by atoms with E-state index in [-0.39, 0.29) is 18.9 Å². The van der Waals surface area contributed by atoms with Crippen molar-refractivity contribution >= 4 is 23.8 Å². The molecule has 0 unspecified atom stereocenters. The molecule has 108 valence electrons. The van der Waals surface area contributed by atoms with Gasteiger partial charge in [0.25, 0.3) is 0 Å². The van der Waals surface area contributed by atoms with Crippen molar-refractivity contribution in [3.05, 3.63) is 0 Å². The van der Waals surface area contributed by atoms with E-state index in [1.54, 1.807) is 0 Å². The number of carbonyl (C=O) groups excluding carboxylic acids is 3. The highest BCUT2D eigenvalue weighted by atomic mass is 16.4. The van der Waals surface area contributed by atoms with Gasteiger partial charge in [-0.3, -0.25) is 9.59 Å². The highest BCUT2D eigenvalue weighted by Gasteiger charge is 2.23. The number of amides is 4. The molecule has 9 nitrogen and oxygen atoms in total. The summed E-state index contributed by atoms with van der Waals surface area (Å²) < 4.78 is 0. The molecule has 0 saturated heterocycles. The van der Waals surface area contributed by atoms with Crippen LogP contribution in [0.1, 0.15) is 12.8 Å². The van der Waals surface area contributed by atoms with E-state index in [1.165, 1.54) is 14.1 Å². The molecule has 4 amide bonds. The van der Waals surface area contributed by atoms with Crippen molar-refractivity contribution in [3.8, 4) is 0 Å². The molecular formula is C10H18N4O5. The van der Waals surface area contributed by atoms with Gasteiger partial charge in [0, 0.05) is 27.1 Å². The van der Waals surface area contributed by atoms with Gasteiger partial charge in [0.2, 0.25) is 11.8 Å². The smallest absolute Gasteiger partial charge is 0.326 e. The Balaban J connectivity index is 4.35. The van der Waals surface area contributed by atoms with Gasteiger partial charge < -0.3 is 26.4 Å². The van der Waals surface area contributed by atoms with E-state index >= 15 is 0 Å². The number of carboxylic acids is 1. The second-order valence-electron chi connectivity index (χ2n) is 3.86. The molecule has 0 spiro atoms. The quantitative estimate of drug-likeness (QED) is 0.428. The maximum absolute atomic E-state index is 11.6. The number of hydrogen-bond donors (Lipinski definition) is 4. The Bertz CT molecular complexity index is 371. The van der Waals surface area contributed by atoms with Crippen molar-refractivity contribution < 1.29 is 24.3 Å². The zero-order valence-electron chi connectivity index (χ0n) is 10.8. The zero-order chi connectivity index (χ0) is 15.0. The van der Waals surface area contributed by atoms with Crippen LogP contribution in [-0.4, -0.2) is 60.5 Å². The molecule has 0 bridgehead atoms. The van der Waals surface area contributed by atoms with E-state index in [2.05, 4.69) is 10.6 Å². The molecule has 9 heteroatoms. The van der Waals surface area contributed by atoms with Gasteiger partial charge in [-0.25, -0.2) is 9.59 Å². The summed E-state index contributed by atoms with van der Waals surface area (Å²) in [5.74, 6) is -2.43. The van der Waals surface area contributed by atoms with Crippen LogP contribution in [0.3, 0.4) is 0 Å². The minimum Gasteiger partial charge on any atom is -0.480 e. The Hall–Kier alpha value is -2.32. The normalized spacial score (nSPS) is 11.3. The molecule has 1 atom stereocenters. The van der Waals surface area contributed by atoms with Crippen molar-refractivity contribution in [1.29, 1.82) is 0 Å². The van der Waals surface area contributed by atoms with Gasteiger partial charge in [-0.05, 0) is 0 Å². The first-order valence-electron chi connectivity index (χ1n) is 5.51. The molecule has 0 aromatic carbocycles. The predicted octanol–water partition coefficient (Wildman–Crippen LogP) is -1.91. The van der Waals surface area contributed by atoms with Crippen LogP contribution in [0.4, 0.5) is 4.79 Å². The second kappa shape index (κ2) is 7.90. The molecule has 0 aromatic rings. The molecule has 0 aromatic heterocycles. The molecular weight excluding hydrogens is 256 g/mol. The third-order valence-electron chi connectivity index (χ3n) is 2.30. The first-order valence-corrected chi connectivity index (χ1v) is 5.51. The minimum absolute atomic E-state index is 0.0912. The number of urea groups is 1. The van der Waals surface area contributed by atoms with E-state index in [9.17, 15) is 19.2 Å². The SMILES string of the molecule is CNC(=O)CCN(C)C(=O)N[C@@H](CC(N)=O)C(=O)O. The van der Waals surface area contributed by atoms with Gasteiger partial charge in [0.1, 0.15) is 6.04 Å². The first kappa shape index (κ1) is 16.7. The topological polar surface area (TPSA) is 142 Å². The number of carbonyl (C=O) groups is 4. The van der Waals surface area contributed by atoms with E-state index in [4.69, 9.17) is 10.8 Å². The van der Waals surface area contributed by atoms with E-state index in [1.807, 2.05) is 0 Å². The maximum Gasteiger partial charge on any atom is 0.326 e. The molecule has 0 aliphatic carbocycles. The summed E-state index contributed by atoms with van der Waals surface area (Å²) in [6, 6.07) is -2.08. The Kier molecular flexibility index (Phi) is 6.94. The second-order valence-corrected chi connectivity index (χ2v) is 3.86. The molecule has 19 heavy (non-hydrogen) atoms. The van der Waals surface area contributed by atoms with E-state index in [0.717, 1.165) is 4.90 Å². The highest BCUT2D eigenvalue weighted by molar-refractivity contribution is 5.87. The fourth-order valence-corrected chi connectivity index (χ4v) is 1.16. The molecule has 0 radical (unpaired) electrons. The Labute approximate surface area is 110 Å². The van der Waals surface area contributed by atoms with Gasteiger partial charge in [-0.2, -0.15) is 0 Å². The van der Waals surface area contributed by atoms with E-state index < -0.39 is 30.4 Å². The van der Waals surface area contributed by atoms with Crippen molar-refractivity contribution in [3.63, 3.8) is 0 Å². The number of nitrogens with two attached hydrogens (primary N) is 1. The van der Waals surface area contributed by atoms with Crippen LogP contribution in [0.25, 0.3) is 0 Å². The van der Waals surface area contributed by atoms with Gasteiger partial charge >= 0.3 is 12.0 Å². The zero-order valence-corrected chi connectivity index (χ0v) is 10.8. The van der Waals surface area contributed by atoms with Crippen molar-refractivity contribution in [2.24, 2.45) is 5.73 Å². The summed E-state index contributed by atoms with van der Waals surface area (Å²) in [5.41, 5.74) is 4.88.